The standard InChI is InChI=1S/C13H15BrN2O2/c1-13(2,3)12-16-15-11(18-12)9-6-5-8(14)7-10(9)17-4/h5-7H,1-4H3. The molecule has 0 N–H and O–H groups in total. The smallest absolute Gasteiger partial charge is 0.251 e. The van der Waals surface area contributed by atoms with E-state index in [9.17, 15) is 0 Å². The molecular weight excluding hydrogens is 296 g/mol. The quantitative estimate of drug-likeness (QED) is 0.846. The number of rotatable bonds is 2. The Hall–Kier alpha value is -1.36. The van der Waals surface area contributed by atoms with Gasteiger partial charge in [-0.2, -0.15) is 0 Å². The molecule has 0 bridgehead atoms. The van der Waals surface area contributed by atoms with Crippen LogP contribution in [0.2, 0.25) is 0 Å². The van der Waals surface area contributed by atoms with E-state index in [-0.39, 0.29) is 5.41 Å². The van der Waals surface area contributed by atoms with Crippen molar-refractivity contribution in [3.8, 4) is 17.2 Å². The third-order valence-corrected chi connectivity index (χ3v) is 2.95. The van der Waals surface area contributed by atoms with Crippen molar-refractivity contribution in [3.05, 3.63) is 28.6 Å². The molecule has 2 aromatic rings. The Balaban J connectivity index is 2.46. The zero-order valence-corrected chi connectivity index (χ0v) is 12.4. The molecule has 18 heavy (non-hydrogen) atoms. The molecule has 0 unspecified atom stereocenters. The summed E-state index contributed by atoms with van der Waals surface area (Å²) in [6.45, 7) is 6.09. The van der Waals surface area contributed by atoms with E-state index in [2.05, 4.69) is 26.1 Å². The summed E-state index contributed by atoms with van der Waals surface area (Å²) in [6.07, 6.45) is 0. The molecule has 0 aliphatic carbocycles. The first-order valence-electron chi connectivity index (χ1n) is 5.59. The minimum absolute atomic E-state index is 0.159. The Morgan fingerprint density at radius 2 is 1.94 bits per heavy atom. The second-order valence-corrected chi connectivity index (χ2v) is 5.92. The van der Waals surface area contributed by atoms with E-state index < -0.39 is 0 Å². The van der Waals surface area contributed by atoms with Gasteiger partial charge in [0.15, 0.2) is 0 Å². The van der Waals surface area contributed by atoms with E-state index in [0.717, 1.165) is 10.0 Å². The summed E-state index contributed by atoms with van der Waals surface area (Å²) in [6, 6.07) is 5.68. The van der Waals surface area contributed by atoms with E-state index in [1.807, 2.05) is 39.0 Å². The van der Waals surface area contributed by atoms with Crippen molar-refractivity contribution in [2.75, 3.05) is 7.11 Å². The fourth-order valence-electron chi connectivity index (χ4n) is 1.48. The van der Waals surface area contributed by atoms with Crippen molar-refractivity contribution in [1.29, 1.82) is 0 Å². The van der Waals surface area contributed by atoms with Crippen LogP contribution in [0.25, 0.3) is 11.5 Å². The molecule has 0 fully saturated rings. The Labute approximate surface area is 114 Å². The minimum Gasteiger partial charge on any atom is -0.496 e. The number of aromatic nitrogens is 2. The van der Waals surface area contributed by atoms with Gasteiger partial charge in [-0.25, -0.2) is 0 Å². The second kappa shape index (κ2) is 4.72. The van der Waals surface area contributed by atoms with Crippen molar-refractivity contribution < 1.29 is 9.15 Å². The van der Waals surface area contributed by atoms with Gasteiger partial charge in [0.25, 0.3) is 5.89 Å². The molecule has 0 atom stereocenters. The first kappa shape index (κ1) is 13.1. The number of methoxy groups -OCH3 is 1. The van der Waals surface area contributed by atoms with Crippen molar-refractivity contribution >= 4 is 15.9 Å². The first-order chi connectivity index (χ1) is 8.41. The highest BCUT2D eigenvalue weighted by Gasteiger charge is 2.23. The summed E-state index contributed by atoms with van der Waals surface area (Å²) < 4.78 is 12.0. The molecule has 2 rings (SSSR count). The predicted molar refractivity (Wildman–Crippen MR) is 72.7 cm³/mol. The number of halogens is 1. The normalized spacial score (nSPS) is 11.6. The zero-order valence-electron chi connectivity index (χ0n) is 10.8. The van der Waals surface area contributed by atoms with E-state index in [4.69, 9.17) is 9.15 Å². The fourth-order valence-corrected chi connectivity index (χ4v) is 1.82. The maximum atomic E-state index is 5.70. The average Bonchev–Trinajstić information content (AvgIpc) is 2.77. The highest BCUT2D eigenvalue weighted by atomic mass is 79.9. The molecule has 0 saturated heterocycles. The maximum Gasteiger partial charge on any atom is 0.251 e. The van der Waals surface area contributed by atoms with E-state index >= 15 is 0 Å². The molecule has 0 radical (unpaired) electrons. The van der Waals surface area contributed by atoms with Crippen LogP contribution in [0.5, 0.6) is 5.75 Å². The largest absolute Gasteiger partial charge is 0.496 e. The Kier molecular flexibility index (Phi) is 3.43. The lowest BCUT2D eigenvalue weighted by Gasteiger charge is -2.11. The van der Waals surface area contributed by atoms with Gasteiger partial charge < -0.3 is 9.15 Å². The van der Waals surface area contributed by atoms with Crippen molar-refractivity contribution in [2.24, 2.45) is 0 Å². The van der Waals surface area contributed by atoms with Crippen molar-refractivity contribution in [3.63, 3.8) is 0 Å². The third-order valence-electron chi connectivity index (χ3n) is 2.46. The highest BCUT2D eigenvalue weighted by molar-refractivity contribution is 9.10. The first-order valence-corrected chi connectivity index (χ1v) is 6.39. The number of hydrogen-bond donors (Lipinski definition) is 0. The van der Waals surface area contributed by atoms with Gasteiger partial charge in [0.2, 0.25) is 5.89 Å². The van der Waals surface area contributed by atoms with E-state index in [1.165, 1.54) is 0 Å². The van der Waals surface area contributed by atoms with Gasteiger partial charge in [-0.1, -0.05) is 36.7 Å². The molecular formula is C13H15BrN2O2. The number of hydrogen-bond acceptors (Lipinski definition) is 4. The molecule has 1 aromatic carbocycles. The Morgan fingerprint density at radius 1 is 1.22 bits per heavy atom. The van der Waals surface area contributed by atoms with Gasteiger partial charge in [0, 0.05) is 9.89 Å². The van der Waals surface area contributed by atoms with Crippen molar-refractivity contribution in [1.82, 2.24) is 10.2 Å². The van der Waals surface area contributed by atoms with Crippen LogP contribution in [0, 0.1) is 0 Å². The number of ether oxygens (including phenoxy) is 1. The molecule has 0 aliphatic rings. The SMILES string of the molecule is COc1cc(Br)ccc1-c1nnc(C(C)(C)C)o1. The van der Waals surface area contributed by atoms with Crippen LogP contribution in [0.3, 0.4) is 0 Å². The van der Waals surface area contributed by atoms with Gasteiger partial charge >= 0.3 is 0 Å². The number of benzene rings is 1. The Morgan fingerprint density at radius 3 is 2.50 bits per heavy atom. The molecule has 0 aliphatic heterocycles. The highest BCUT2D eigenvalue weighted by Crippen LogP contribution is 2.33. The van der Waals surface area contributed by atoms with Gasteiger partial charge in [0.1, 0.15) is 5.75 Å². The Bertz CT molecular complexity index is 558. The van der Waals surface area contributed by atoms with Crippen LogP contribution in [-0.2, 0) is 5.41 Å². The van der Waals surface area contributed by atoms with Crippen LogP contribution in [-0.4, -0.2) is 17.3 Å². The lowest BCUT2D eigenvalue weighted by atomic mass is 9.97. The monoisotopic (exact) mass is 310 g/mol. The van der Waals surface area contributed by atoms with Crippen LogP contribution in [0.4, 0.5) is 0 Å². The lowest BCUT2D eigenvalue weighted by molar-refractivity contribution is 0.393. The summed E-state index contributed by atoms with van der Waals surface area (Å²) in [7, 11) is 1.62. The van der Waals surface area contributed by atoms with Gasteiger partial charge in [0.05, 0.1) is 12.7 Å². The summed E-state index contributed by atoms with van der Waals surface area (Å²) >= 11 is 3.40. The molecule has 1 aromatic heterocycles. The average molecular weight is 311 g/mol. The molecule has 5 heteroatoms. The summed E-state index contributed by atoms with van der Waals surface area (Å²) in [5.74, 6) is 1.79. The van der Waals surface area contributed by atoms with Crippen LogP contribution in [0.1, 0.15) is 26.7 Å². The summed E-state index contributed by atoms with van der Waals surface area (Å²) in [4.78, 5) is 0. The van der Waals surface area contributed by atoms with E-state index in [1.54, 1.807) is 7.11 Å². The van der Waals surface area contributed by atoms with Crippen LogP contribution < -0.4 is 4.74 Å². The van der Waals surface area contributed by atoms with Crippen molar-refractivity contribution in [2.45, 2.75) is 26.2 Å². The lowest BCUT2D eigenvalue weighted by Crippen LogP contribution is -2.11. The molecule has 0 spiro atoms. The molecule has 1 heterocycles. The third kappa shape index (κ3) is 2.56. The molecule has 0 amide bonds. The molecule has 0 saturated carbocycles. The minimum atomic E-state index is -0.159. The fraction of sp³-hybridized carbons (Fsp3) is 0.385. The maximum absolute atomic E-state index is 5.70. The second-order valence-electron chi connectivity index (χ2n) is 5.01. The van der Waals surface area contributed by atoms with Crippen LogP contribution >= 0.6 is 15.9 Å². The van der Waals surface area contributed by atoms with Gasteiger partial charge in [-0.15, -0.1) is 10.2 Å². The summed E-state index contributed by atoms with van der Waals surface area (Å²) in [5.41, 5.74) is 0.636. The molecule has 4 nitrogen and oxygen atoms in total. The van der Waals surface area contributed by atoms with Gasteiger partial charge in [-0.3, -0.25) is 0 Å². The zero-order chi connectivity index (χ0) is 13.3. The predicted octanol–water partition coefficient (Wildman–Crippen LogP) is 3.81. The van der Waals surface area contributed by atoms with E-state index in [0.29, 0.717) is 17.5 Å². The van der Waals surface area contributed by atoms with Gasteiger partial charge in [-0.05, 0) is 18.2 Å². The van der Waals surface area contributed by atoms with Crippen LogP contribution in [0.15, 0.2) is 27.1 Å². The molecule has 96 valence electrons. The summed E-state index contributed by atoms with van der Waals surface area (Å²) in [5, 5.41) is 8.16. The number of nitrogens with zero attached hydrogens (tertiary/aromatic N) is 2. The topological polar surface area (TPSA) is 48.2 Å².